The van der Waals surface area contributed by atoms with E-state index in [-0.39, 0.29) is 6.54 Å². The van der Waals surface area contributed by atoms with Gasteiger partial charge in [0, 0.05) is 13.1 Å². The number of ether oxygens (including phenoxy) is 1. The van der Waals surface area contributed by atoms with Crippen molar-refractivity contribution in [2.24, 2.45) is 0 Å². The van der Waals surface area contributed by atoms with Crippen LogP contribution in [0.25, 0.3) is 0 Å². The Morgan fingerprint density at radius 1 is 1.15 bits per heavy atom. The summed E-state index contributed by atoms with van der Waals surface area (Å²) in [5, 5.41) is 2.73. The third-order valence-corrected chi connectivity index (χ3v) is 2.11. The number of halogens is 3. The fourth-order valence-corrected chi connectivity index (χ4v) is 1.44. The van der Waals surface area contributed by atoms with Gasteiger partial charge in [-0.05, 0) is 20.8 Å². The van der Waals surface area contributed by atoms with Crippen LogP contribution in [0.5, 0.6) is 0 Å². The summed E-state index contributed by atoms with van der Waals surface area (Å²) in [6, 6.07) is 0. The summed E-state index contributed by atoms with van der Waals surface area (Å²) in [5.74, 6) is 0. The van der Waals surface area contributed by atoms with Gasteiger partial charge < -0.3 is 10.1 Å². The van der Waals surface area contributed by atoms with Gasteiger partial charge in [-0.2, -0.15) is 13.2 Å². The van der Waals surface area contributed by atoms with Crippen molar-refractivity contribution in [3.05, 3.63) is 0 Å². The summed E-state index contributed by atoms with van der Waals surface area (Å²) in [6.07, 6.45) is -4.32. The molecule has 0 radical (unpaired) electrons. The molecule has 0 aromatic heterocycles. The van der Waals surface area contributed by atoms with Crippen LogP contribution in [0.15, 0.2) is 0 Å². The molecule has 0 amide bonds. The molecule has 0 aromatic rings. The molecule has 1 rings (SSSR count). The lowest BCUT2D eigenvalue weighted by molar-refractivity contribution is -0.306. The SMILES string of the molecule is CC1(C)CNC[C@](C)(C(F)(F)F)O1. The Labute approximate surface area is 75.4 Å². The molecular formula is C8H14F3NO. The fourth-order valence-electron chi connectivity index (χ4n) is 1.44. The van der Waals surface area contributed by atoms with Crippen molar-refractivity contribution < 1.29 is 17.9 Å². The molecule has 1 fully saturated rings. The molecule has 0 saturated carbocycles. The average molecular weight is 197 g/mol. The summed E-state index contributed by atoms with van der Waals surface area (Å²) in [5.41, 5.74) is -2.82. The second kappa shape index (κ2) is 2.85. The minimum absolute atomic E-state index is 0.181. The van der Waals surface area contributed by atoms with Crippen LogP contribution >= 0.6 is 0 Å². The molecule has 0 aromatic carbocycles. The van der Waals surface area contributed by atoms with Crippen molar-refractivity contribution in [1.82, 2.24) is 5.32 Å². The predicted molar refractivity (Wildman–Crippen MR) is 42.5 cm³/mol. The number of nitrogens with one attached hydrogen (secondary N) is 1. The van der Waals surface area contributed by atoms with Crippen molar-refractivity contribution in [1.29, 1.82) is 0 Å². The van der Waals surface area contributed by atoms with Gasteiger partial charge in [0.15, 0.2) is 5.60 Å². The van der Waals surface area contributed by atoms with Crippen LogP contribution < -0.4 is 5.32 Å². The Bertz CT molecular complexity index is 202. The molecule has 1 saturated heterocycles. The molecular weight excluding hydrogens is 183 g/mol. The number of hydrogen-bond acceptors (Lipinski definition) is 2. The molecule has 0 bridgehead atoms. The zero-order valence-corrected chi connectivity index (χ0v) is 7.96. The van der Waals surface area contributed by atoms with Gasteiger partial charge in [0.25, 0.3) is 0 Å². The minimum Gasteiger partial charge on any atom is -0.357 e. The molecule has 5 heteroatoms. The van der Waals surface area contributed by atoms with E-state index >= 15 is 0 Å². The topological polar surface area (TPSA) is 21.3 Å². The second-order valence-corrected chi connectivity index (χ2v) is 4.19. The maximum atomic E-state index is 12.5. The van der Waals surface area contributed by atoms with Crippen LogP contribution in [-0.2, 0) is 4.74 Å². The highest BCUT2D eigenvalue weighted by atomic mass is 19.4. The lowest BCUT2D eigenvalue weighted by atomic mass is 9.99. The zero-order valence-electron chi connectivity index (χ0n) is 7.96. The summed E-state index contributed by atoms with van der Waals surface area (Å²) < 4.78 is 42.5. The third-order valence-electron chi connectivity index (χ3n) is 2.11. The van der Waals surface area contributed by atoms with E-state index in [1.807, 2.05) is 0 Å². The smallest absolute Gasteiger partial charge is 0.357 e. The quantitative estimate of drug-likeness (QED) is 0.638. The molecule has 1 aliphatic rings. The molecule has 0 spiro atoms. The molecule has 1 atom stereocenters. The Balaban J connectivity index is 2.81. The first-order valence-corrected chi connectivity index (χ1v) is 4.14. The molecule has 13 heavy (non-hydrogen) atoms. The van der Waals surface area contributed by atoms with Crippen LogP contribution in [0.4, 0.5) is 13.2 Å². The molecule has 0 aliphatic carbocycles. The first-order chi connectivity index (χ1) is 5.66. The van der Waals surface area contributed by atoms with E-state index in [1.165, 1.54) is 0 Å². The number of alkyl halides is 3. The van der Waals surface area contributed by atoms with E-state index in [0.29, 0.717) is 6.54 Å². The molecule has 1 aliphatic heterocycles. The van der Waals surface area contributed by atoms with Crippen LogP contribution in [0.3, 0.4) is 0 Å². The van der Waals surface area contributed by atoms with Gasteiger partial charge in [0.05, 0.1) is 5.60 Å². The summed E-state index contributed by atoms with van der Waals surface area (Å²) in [6.45, 7) is 4.62. The molecule has 0 unspecified atom stereocenters. The molecule has 78 valence electrons. The predicted octanol–water partition coefficient (Wildman–Crippen LogP) is 1.71. The maximum absolute atomic E-state index is 12.5. The van der Waals surface area contributed by atoms with Crippen molar-refractivity contribution in [2.75, 3.05) is 13.1 Å². The van der Waals surface area contributed by atoms with Gasteiger partial charge in [-0.3, -0.25) is 0 Å². The second-order valence-electron chi connectivity index (χ2n) is 4.19. The van der Waals surface area contributed by atoms with Gasteiger partial charge >= 0.3 is 6.18 Å². The standard InChI is InChI=1S/C8H14F3NO/c1-6(2)4-12-5-7(3,13-6)8(9,10)11/h12H,4-5H2,1-3H3/t7-/m1/s1. The summed E-state index contributed by atoms with van der Waals surface area (Å²) >= 11 is 0. The van der Waals surface area contributed by atoms with E-state index in [4.69, 9.17) is 4.74 Å². The Hall–Kier alpha value is -0.290. The zero-order chi connectivity index (χ0) is 10.3. The Morgan fingerprint density at radius 2 is 1.69 bits per heavy atom. The summed E-state index contributed by atoms with van der Waals surface area (Å²) in [4.78, 5) is 0. The Kier molecular flexibility index (Phi) is 2.37. The van der Waals surface area contributed by atoms with Crippen molar-refractivity contribution in [3.8, 4) is 0 Å². The van der Waals surface area contributed by atoms with E-state index in [2.05, 4.69) is 5.32 Å². The third kappa shape index (κ3) is 2.14. The average Bonchev–Trinajstić information content (AvgIpc) is 1.80. The van der Waals surface area contributed by atoms with Gasteiger partial charge in [-0.25, -0.2) is 0 Å². The van der Waals surface area contributed by atoms with Crippen LogP contribution in [0.1, 0.15) is 20.8 Å². The van der Waals surface area contributed by atoms with Crippen LogP contribution in [-0.4, -0.2) is 30.5 Å². The van der Waals surface area contributed by atoms with Crippen molar-refractivity contribution >= 4 is 0 Å². The van der Waals surface area contributed by atoms with Crippen molar-refractivity contribution in [3.63, 3.8) is 0 Å². The molecule has 1 heterocycles. The number of hydrogen-bond donors (Lipinski definition) is 1. The first kappa shape index (κ1) is 10.8. The van der Waals surface area contributed by atoms with Crippen molar-refractivity contribution in [2.45, 2.75) is 38.1 Å². The highest BCUT2D eigenvalue weighted by Crippen LogP contribution is 2.37. The molecule has 2 nitrogen and oxygen atoms in total. The fraction of sp³-hybridized carbons (Fsp3) is 1.00. The normalized spacial score (nSPS) is 34.6. The van der Waals surface area contributed by atoms with Gasteiger partial charge in [-0.1, -0.05) is 0 Å². The first-order valence-electron chi connectivity index (χ1n) is 4.14. The summed E-state index contributed by atoms with van der Waals surface area (Å²) in [7, 11) is 0. The molecule has 1 N–H and O–H groups in total. The van der Waals surface area contributed by atoms with Crippen LogP contribution in [0.2, 0.25) is 0 Å². The van der Waals surface area contributed by atoms with E-state index in [1.54, 1.807) is 13.8 Å². The van der Waals surface area contributed by atoms with E-state index in [0.717, 1.165) is 6.92 Å². The van der Waals surface area contributed by atoms with E-state index in [9.17, 15) is 13.2 Å². The number of morpholine rings is 1. The lowest BCUT2D eigenvalue weighted by Crippen LogP contribution is -2.62. The van der Waals surface area contributed by atoms with Crippen LogP contribution in [0, 0.1) is 0 Å². The highest BCUT2D eigenvalue weighted by Gasteiger charge is 2.56. The monoisotopic (exact) mass is 197 g/mol. The highest BCUT2D eigenvalue weighted by molar-refractivity contribution is 4.94. The number of rotatable bonds is 0. The van der Waals surface area contributed by atoms with E-state index < -0.39 is 17.4 Å². The minimum atomic E-state index is -4.32. The largest absolute Gasteiger partial charge is 0.418 e. The lowest BCUT2D eigenvalue weighted by Gasteiger charge is -2.44. The Morgan fingerprint density at radius 3 is 2.00 bits per heavy atom. The van der Waals surface area contributed by atoms with Gasteiger partial charge in [-0.15, -0.1) is 0 Å². The maximum Gasteiger partial charge on any atom is 0.418 e. The van der Waals surface area contributed by atoms with Gasteiger partial charge in [0.2, 0.25) is 0 Å². The van der Waals surface area contributed by atoms with Gasteiger partial charge in [0.1, 0.15) is 0 Å².